The van der Waals surface area contributed by atoms with Crippen molar-refractivity contribution in [2.75, 3.05) is 6.61 Å². The first-order chi connectivity index (χ1) is 9.53. The molecule has 0 radical (unpaired) electrons. The first-order valence-corrected chi connectivity index (χ1v) is 10.8. The van der Waals surface area contributed by atoms with Crippen LogP contribution in [0.3, 0.4) is 0 Å². The lowest BCUT2D eigenvalue weighted by Crippen LogP contribution is -2.43. The van der Waals surface area contributed by atoms with Gasteiger partial charge in [-0.05, 0) is 41.9 Å². The Morgan fingerprint density at radius 3 is 2.43 bits per heavy atom. The Labute approximate surface area is 137 Å². The highest BCUT2D eigenvalue weighted by Crippen LogP contribution is 2.38. The summed E-state index contributed by atoms with van der Waals surface area (Å²) in [4.78, 5) is 10.8. The van der Waals surface area contributed by atoms with E-state index in [2.05, 4.69) is 49.8 Å². The minimum atomic E-state index is -1.84. The standard InChI is InChI=1S/C16H25BrO3Si/c1-12(18)19-10-9-13-11-14(7-8-15(13)17)20-21(5,6)16(2,3)4/h7-8,11H,9-10H2,1-6H3. The largest absolute Gasteiger partial charge is 0.543 e. The Bertz CT molecular complexity index is 507. The van der Waals surface area contributed by atoms with Crippen LogP contribution in [0.2, 0.25) is 18.1 Å². The van der Waals surface area contributed by atoms with E-state index in [1.165, 1.54) is 6.92 Å². The molecule has 1 rings (SSSR count). The van der Waals surface area contributed by atoms with Crippen LogP contribution in [0.5, 0.6) is 5.75 Å². The van der Waals surface area contributed by atoms with Crippen molar-refractivity contribution in [3.63, 3.8) is 0 Å². The van der Waals surface area contributed by atoms with Gasteiger partial charge >= 0.3 is 5.97 Å². The second kappa shape index (κ2) is 6.96. The molecule has 0 amide bonds. The van der Waals surface area contributed by atoms with Gasteiger partial charge in [0.1, 0.15) is 5.75 Å². The molecule has 0 spiro atoms. The molecule has 0 bridgehead atoms. The fourth-order valence-electron chi connectivity index (χ4n) is 1.56. The second-order valence-electron chi connectivity index (χ2n) is 6.71. The molecule has 0 aliphatic carbocycles. The van der Waals surface area contributed by atoms with Crippen molar-refractivity contribution in [1.29, 1.82) is 0 Å². The molecule has 0 saturated heterocycles. The highest BCUT2D eigenvalue weighted by molar-refractivity contribution is 9.10. The molecule has 3 nitrogen and oxygen atoms in total. The fraction of sp³-hybridized carbons (Fsp3) is 0.562. The summed E-state index contributed by atoms with van der Waals surface area (Å²) in [6.07, 6.45) is 0.675. The maximum absolute atomic E-state index is 10.8. The van der Waals surface area contributed by atoms with E-state index in [9.17, 15) is 4.79 Å². The van der Waals surface area contributed by atoms with Crippen molar-refractivity contribution in [3.05, 3.63) is 28.2 Å². The summed E-state index contributed by atoms with van der Waals surface area (Å²) < 4.78 is 12.3. The lowest BCUT2D eigenvalue weighted by Gasteiger charge is -2.36. The van der Waals surface area contributed by atoms with Crippen LogP contribution in [0.25, 0.3) is 0 Å². The number of hydrogen-bond donors (Lipinski definition) is 0. The van der Waals surface area contributed by atoms with Crippen LogP contribution in [0.4, 0.5) is 0 Å². The number of esters is 1. The quantitative estimate of drug-likeness (QED) is 0.542. The van der Waals surface area contributed by atoms with E-state index in [1.807, 2.05) is 18.2 Å². The van der Waals surface area contributed by atoms with Gasteiger partial charge in [0.25, 0.3) is 0 Å². The van der Waals surface area contributed by atoms with Crippen LogP contribution in [0, 0.1) is 0 Å². The SMILES string of the molecule is CC(=O)OCCc1cc(O[Si](C)(C)C(C)(C)C)ccc1Br. The monoisotopic (exact) mass is 372 g/mol. The van der Waals surface area contributed by atoms with Gasteiger partial charge in [0.05, 0.1) is 6.61 Å². The Balaban J connectivity index is 2.84. The number of carbonyl (C=O) groups is 1. The van der Waals surface area contributed by atoms with E-state index in [4.69, 9.17) is 9.16 Å². The molecule has 1 aromatic rings. The van der Waals surface area contributed by atoms with Crippen molar-refractivity contribution >= 4 is 30.2 Å². The van der Waals surface area contributed by atoms with Gasteiger partial charge in [0.2, 0.25) is 8.32 Å². The van der Waals surface area contributed by atoms with Gasteiger partial charge in [-0.1, -0.05) is 36.7 Å². The summed E-state index contributed by atoms with van der Waals surface area (Å²) in [7, 11) is -1.84. The number of rotatable bonds is 5. The van der Waals surface area contributed by atoms with Crippen LogP contribution in [-0.2, 0) is 16.0 Å². The Hall–Kier alpha value is -0.813. The fourth-order valence-corrected chi connectivity index (χ4v) is 3.03. The topological polar surface area (TPSA) is 35.5 Å². The van der Waals surface area contributed by atoms with E-state index in [-0.39, 0.29) is 11.0 Å². The Kier molecular flexibility index (Phi) is 6.05. The van der Waals surface area contributed by atoms with Crippen LogP contribution in [-0.4, -0.2) is 20.9 Å². The summed E-state index contributed by atoms with van der Waals surface area (Å²) >= 11 is 3.53. The average molecular weight is 373 g/mol. The molecule has 0 aromatic heterocycles. The van der Waals surface area contributed by atoms with Gasteiger partial charge in [-0.25, -0.2) is 0 Å². The molecule has 0 saturated carbocycles. The van der Waals surface area contributed by atoms with E-state index in [0.717, 1.165) is 15.8 Å². The third-order valence-electron chi connectivity index (χ3n) is 3.87. The summed E-state index contributed by atoms with van der Waals surface area (Å²) in [6.45, 7) is 12.9. The molecule has 0 fully saturated rings. The minimum Gasteiger partial charge on any atom is -0.543 e. The summed E-state index contributed by atoms with van der Waals surface area (Å²) in [6, 6.07) is 6.01. The van der Waals surface area contributed by atoms with Crippen molar-refractivity contribution in [1.82, 2.24) is 0 Å². The second-order valence-corrected chi connectivity index (χ2v) is 12.3. The van der Waals surface area contributed by atoms with E-state index in [0.29, 0.717) is 13.0 Å². The molecule has 5 heteroatoms. The zero-order valence-corrected chi connectivity index (χ0v) is 16.3. The molecule has 118 valence electrons. The third kappa shape index (κ3) is 5.47. The minimum absolute atomic E-state index is 0.165. The number of ether oxygens (including phenoxy) is 1. The zero-order valence-electron chi connectivity index (χ0n) is 13.7. The summed E-state index contributed by atoms with van der Waals surface area (Å²) in [5, 5.41) is 0.165. The lowest BCUT2D eigenvalue weighted by atomic mass is 10.1. The van der Waals surface area contributed by atoms with E-state index >= 15 is 0 Å². The van der Waals surface area contributed by atoms with E-state index < -0.39 is 8.32 Å². The van der Waals surface area contributed by atoms with Gasteiger partial charge in [-0.2, -0.15) is 0 Å². The molecule has 0 heterocycles. The van der Waals surface area contributed by atoms with Crippen molar-refractivity contribution < 1.29 is 14.0 Å². The van der Waals surface area contributed by atoms with Crippen molar-refractivity contribution in [2.24, 2.45) is 0 Å². The number of carbonyl (C=O) groups excluding carboxylic acids is 1. The Morgan fingerprint density at radius 1 is 1.29 bits per heavy atom. The molecule has 0 aliphatic heterocycles. The molecule has 21 heavy (non-hydrogen) atoms. The molecule has 0 aliphatic rings. The van der Waals surface area contributed by atoms with Gasteiger partial charge < -0.3 is 9.16 Å². The first kappa shape index (κ1) is 18.2. The molecular weight excluding hydrogens is 348 g/mol. The lowest BCUT2D eigenvalue weighted by molar-refractivity contribution is -0.140. The molecule has 0 atom stereocenters. The van der Waals surface area contributed by atoms with Crippen molar-refractivity contribution in [3.8, 4) is 5.75 Å². The van der Waals surface area contributed by atoms with Gasteiger partial charge in [0.15, 0.2) is 0 Å². The zero-order chi connectivity index (χ0) is 16.3. The van der Waals surface area contributed by atoms with Gasteiger partial charge in [-0.15, -0.1) is 0 Å². The maximum atomic E-state index is 10.8. The van der Waals surface area contributed by atoms with Crippen LogP contribution < -0.4 is 4.43 Å². The molecule has 0 N–H and O–H groups in total. The van der Waals surface area contributed by atoms with Gasteiger partial charge in [0, 0.05) is 17.8 Å². The smallest absolute Gasteiger partial charge is 0.302 e. The Morgan fingerprint density at radius 2 is 1.90 bits per heavy atom. The number of hydrogen-bond acceptors (Lipinski definition) is 3. The summed E-state index contributed by atoms with van der Waals surface area (Å²) in [5.41, 5.74) is 1.09. The molecule has 1 aromatic carbocycles. The highest BCUT2D eigenvalue weighted by atomic mass is 79.9. The van der Waals surface area contributed by atoms with Crippen LogP contribution in [0.1, 0.15) is 33.3 Å². The third-order valence-corrected chi connectivity index (χ3v) is 9.01. The van der Waals surface area contributed by atoms with Crippen molar-refractivity contribution in [2.45, 2.75) is 52.2 Å². The highest BCUT2D eigenvalue weighted by Gasteiger charge is 2.38. The molecular formula is C16H25BrO3Si. The predicted molar refractivity (Wildman–Crippen MR) is 92.3 cm³/mol. The van der Waals surface area contributed by atoms with Crippen LogP contribution in [0.15, 0.2) is 22.7 Å². The number of benzene rings is 1. The first-order valence-electron chi connectivity index (χ1n) is 7.14. The normalized spacial score (nSPS) is 12.1. The summed E-state index contributed by atoms with van der Waals surface area (Å²) in [5.74, 6) is 0.641. The average Bonchev–Trinajstić information content (AvgIpc) is 2.31. The number of halogens is 1. The maximum Gasteiger partial charge on any atom is 0.302 e. The predicted octanol–water partition coefficient (Wildman–Crippen LogP) is 4.94. The van der Waals surface area contributed by atoms with E-state index in [1.54, 1.807) is 0 Å². The van der Waals surface area contributed by atoms with Gasteiger partial charge in [-0.3, -0.25) is 4.79 Å². The molecule has 0 unspecified atom stereocenters. The van der Waals surface area contributed by atoms with Crippen LogP contribution >= 0.6 is 15.9 Å².